The third-order valence-corrected chi connectivity index (χ3v) is 3.30. The SMILES string of the molecule is CCCNCc1cc(Oc2cccc(C)c2C)ccn1. The molecule has 0 saturated carbocycles. The van der Waals surface area contributed by atoms with Crippen LogP contribution in [0, 0.1) is 13.8 Å². The van der Waals surface area contributed by atoms with E-state index < -0.39 is 0 Å². The van der Waals surface area contributed by atoms with E-state index in [4.69, 9.17) is 4.74 Å². The Balaban J connectivity index is 2.09. The van der Waals surface area contributed by atoms with E-state index in [1.807, 2.05) is 24.3 Å². The molecule has 0 fully saturated rings. The van der Waals surface area contributed by atoms with Gasteiger partial charge in [-0.15, -0.1) is 0 Å². The highest BCUT2D eigenvalue weighted by molar-refractivity contribution is 5.41. The molecule has 2 rings (SSSR count). The molecule has 1 heterocycles. The molecule has 3 nitrogen and oxygen atoms in total. The van der Waals surface area contributed by atoms with Crippen LogP contribution in [0.4, 0.5) is 0 Å². The van der Waals surface area contributed by atoms with E-state index in [0.29, 0.717) is 0 Å². The van der Waals surface area contributed by atoms with Crippen LogP contribution in [0.5, 0.6) is 11.5 Å². The fourth-order valence-corrected chi connectivity index (χ4v) is 1.97. The molecule has 1 aromatic heterocycles. The van der Waals surface area contributed by atoms with Crippen LogP contribution in [0.2, 0.25) is 0 Å². The van der Waals surface area contributed by atoms with Crippen molar-refractivity contribution in [2.45, 2.75) is 33.7 Å². The molecule has 0 aliphatic heterocycles. The zero-order valence-electron chi connectivity index (χ0n) is 12.4. The van der Waals surface area contributed by atoms with Crippen molar-refractivity contribution in [3.63, 3.8) is 0 Å². The normalized spacial score (nSPS) is 10.6. The van der Waals surface area contributed by atoms with E-state index >= 15 is 0 Å². The summed E-state index contributed by atoms with van der Waals surface area (Å²) in [6.45, 7) is 8.10. The largest absolute Gasteiger partial charge is 0.457 e. The molecule has 106 valence electrons. The summed E-state index contributed by atoms with van der Waals surface area (Å²) in [5, 5.41) is 3.34. The summed E-state index contributed by atoms with van der Waals surface area (Å²) in [5.74, 6) is 1.74. The van der Waals surface area contributed by atoms with Gasteiger partial charge in [0.25, 0.3) is 0 Å². The van der Waals surface area contributed by atoms with E-state index in [1.165, 1.54) is 11.1 Å². The lowest BCUT2D eigenvalue weighted by atomic mass is 10.1. The van der Waals surface area contributed by atoms with Gasteiger partial charge in [-0.3, -0.25) is 4.98 Å². The topological polar surface area (TPSA) is 34.1 Å². The molecule has 0 spiro atoms. The Bertz CT molecular complexity index is 567. The minimum Gasteiger partial charge on any atom is -0.457 e. The maximum Gasteiger partial charge on any atom is 0.130 e. The smallest absolute Gasteiger partial charge is 0.130 e. The summed E-state index contributed by atoms with van der Waals surface area (Å²) < 4.78 is 5.97. The second kappa shape index (κ2) is 7.06. The lowest BCUT2D eigenvalue weighted by molar-refractivity contribution is 0.476. The fraction of sp³-hybridized carbons (Fsp3) is 0.353. The van der Waals surface area contributed by atoms with E-state index in [0.717, 1.165) is 36.7 Å². The molecule has 0 aliphatic carbocycles. The number of rotatable bonds is 6. The first kappa shape index (κ1) is 14.5. The Morgan fingerprint density at radius 2 is 2.05 bits per heavy atom. The van der Waals surface area contributed by atoms with Crippen LogP contribution in [0.1, 0.15) is 30.2 Å². The van der Waals surface area contributed by atoms with Gasteiger partial charge in [-0.1, -0.05) is 19.1 Å². The first-order chi connectivity index (χ1) is 9.70. The third kappa shape index (κ3) is 3.81. The van der Waals surface area contributed by atoms with E-state index in [2.05, 4.69) is 37.1 Å². The number of benzene rings is 1. The summed E-state index contributed by atoms with van der Waals surface area (Å²) in [6.07, 6.45) is 2.92. The lowest BCUT2D eigenvalue weighted by Gasteiger charge is -2.11. The average Bonchev–Trinajstić information content (AvgIpc) is 2.45. The van der Waals surface area contributed by atoms with Gasteiger partial charge in [-0.05, 0) is 50.1 Å². The van der Waals surface area contributed by atoms with Crippen molar-refractivity contribution in [2.75, 3.05) is 6.54 Å². The predicted molar refractivity (Wildman–Crippen MR) is 82.2 cm³/mol. The molecular formula is C17H22N2O. The van der Waals surface area contributed by atoms with Crippen LogP contribution < -0.4 is 10.1 Å². The number of aromatic nitrogens is 1. The van der Waals surface area contributed by atoms with Crippen molar-refractivity contribution in [1.29, 1.82) is 0 Å². The highest BCUT2D eigenvalue weighted by atomic mass is 16.5. The Labute approximate surface area is 121 Å². The molecule has 20 heavy (non-hydrogen) atoms. The van der Waals surface area contributed by atoms with E-state index in [-0.39, 0.29) is 0 Å². The lowest BCUT2D eigenvalue weighted by Crippen LogP contribution is -2.14. The molecule has 0 radical (unpaired) electrons. The van der Waals surface area contributed by atoms with Crippen molar-refractivity contribution >= 4 is 0 Å². The number of pyridine rings is 1. The van der Waals surface area contributed by atoms with Crippen LogP contribution in [0.25, 0.3) is 0 Å². The molecule has 0 saturated heterocycles. The van der Waals surface area contributed by atoms with Crippen molar-refractivity contribution in [3.05, 3.63) is 53.3 Å². The summed E-state index contributed by atoms with van der Waals surface area (Å²) in [5.41, 5.74) is 3.41. The van der Waals surface area contributed by atoms with Gasteiger partial charge in [0, 0.05) is 18.8 Å². The Kier molecular flexibility index (Phi) is 5.13. The predicted octanol–water partition coefficient (Wildman–Crippen LogP) is 3.99. The zero-order chi connectivity index (χ0) is 14.4. The highest BCUT2D eigenvalue weighted by Gasteiger charge is 2.04. The summed E-state index contributed by atoms with van der Waals surface area (Å²) in [7, 11) is 0. The number of nitrogens with zero attached hydrogens (tertiary/aromatic N) is 1. The fourth-order valence-electron chi connectivity index (χ4n) is 1.97. The molecule has 0 atom stereocenters. The zero-order valence-corrected chi connectivity index (χ0v) is 12.4. The molecule has 0 bridgehead atoms. The number of hydrogen-bond acceptors (Lipinski definition) is 3. The van der Waals surface area contributed by atoms with Crippen LogP contribution in [-0.2, 0) is 6.54 Å². The number of nitrogens with one attached hydrogen (secondary N) is 1. The standard InChI is InChI=1S/C17H22N2O/c1-4-9-18-12-15-11-16(8-10-19-15)20-17-7-5-6-13(2)14(17)3/h5-8,10-11,18H,4,9,12H2,1-3H3. The van der Waals surface area contributed by atoms with Crippen molar-refractivity contribution in [1.82, 2.24) is 10.3 Å². The van der Waals surface area contributed by atoms with Gasteiger partial charge in [0.05, 0.1) is 5.69 Å². The molecular weight excluding hydrogens is 248 g/mol. The average molecular weight is 270 g/mol. The quantitative estimate of drug-likeness (QED) is 0.806. The van der Waals surface area contributed by atoms with Crippen LogP contribution in [0.15, 0.2) is 36.5 Å². The monoisotopic (exact) mass is 270 g/mol. The maximum absolute atomic E-state index is 5.97. The molecule has 2 aromatic rings. The van der Waals surface area contributed by atoms with Crippen LogP contribution in [0.3, 0.4) is 0 Å². The second-order valence-electron chi connectivity index (χ2n) is 4.96. The van der Waals surface area contributed by atoms with E-state index in [9.17, 15) is 0 Å². The molecule has 0 unspecified atom stereocenters. The minimum absolute atomic E-state index is 0.776. The van der Waals surface area contributed by atoms with E-state index in [1.54, 1.807) is 6.20 Å². The van der Waals surface area contributed by atoms with Gasteiger partial charge in [0.2, 0.25) is 0 Å². The molecule has 0 aliphatic rings. The van der Waals surface area contributed by atoms with Crippen LogP contribution >= 0.6 is 0 Å². The maximum atomic E-state index is 5.97. The Morgan fingerprint density at radius 1 is 1.20 bits per heavy atom. The summed E-state index contributed by atoms with van der Waals surface area (Å²) >= 11 is 0. The first-order valence-electron chi connectivity index (χ1n) is 7.10. The first-order valence-corrected chi connectivity index (χ1v) is 7.10. The van der Waals surface area contributed by atoms with Crippen LogP contribution in [-0.4, -0.2) is 11.5 Å². The number of ether oxygens (including phenoxy) is 1. The second-order valence-corrected chi connectivity index (χ2v) is 4.96. The molecule has 0 amide bonds. The molecule has 3 heteroatoms. The Hall–Kier alpha value is -1.87. The summed E-state index contributed by atoms with van der Waals surface area (Å²) in [4.78, 5) is 4.35. The van der Waals surface area contributed by atoms with Gasteiger partial charge in [-0.25, -0.2) is 0 Å². The van der Waals surface area contributed by atoms with Crippen molar-refractivity contribution in [2.24, 2.45) is 0 Å². The van der Waals surface area contributed by atoms with Gasteiger partial charge in [0.1, 0.15) is 11.5 Å². The van der Waals surface area contributed by atoms with Gasteiger partial charge >= 0.3 is 0 Å². The molecule has 1 aromatic carbocycles. The van der Waals surface area contributed by atoms with Crippen molar-refractivity contribution < 1.29 is 4.74 Å². The number of hydrogen-bond donors (Lipinski definition) is 1. The highest BCUT2D eigenvalue weighted by Crippen LogP contribution is 2.26. The van der Waals surface area contributed by atoms with Crippen molar-refractivity contribution in [3.8, 4) is 11.5 Å². The Morgan fingerprint density at radius 3 is 2.85 bits per heavy atom. The van der Waals surface area contributed by atoms with Gasteiger partial charge in [0.15, 0.2) is 0 Å². The number of aryl methyl sites for hydroxylation is 1. The summed E-state index contributed by atoms with van der Waals surface area (Å²) in [6, 6.07) is 9.99. The van der Waals surface area contributed by atoms with Gasteiger partial charge < -0.3 is 10.1 Å². The minimum atomic E-state index is 0.776. The molecule has 1 N–H and O–H groups in total. The third-order valence-electron chi connectivity index (χ3n) is 3.30. The van der Waals surface area contributed by atoms with Gasteiger partial charge in [-0.2, -0.15) is 0 Å².